The van der Waals surface area contributed by atoms with E-state index in [2.05, 4.69) is 124 Å². The molecule has 0 aliphatic carbocycles. The molecule has 0 aliphatic rings. The van der Waals surface area contributed by atoms with Gasteiger partial charge < -0.3 is 9.13 Å². The lowest BCUT2D eigenvalue weighted by atomic mass is 9.79. The molecule has 9 aromatic carbocycles. The molecule has 12 heteroatoms. The van der Waals surface area contributed by atoms with E-state index in [9.17, 15) is 26.3 Å². The zero-order chi connectivity index (χ0) is 64.5. The minimum Gasteiger partial charge on any atom is -0.309 e. The van der Waals surface area contributed by atoms with Gasteiger partial charge >= 0.3 is 12.4 Å². The summed E-state index contributed by atoms with van der Waals surface area (Å²) in [5.74, 6) is 1.27. The van der Waals surface area contributed by atoms with Crippen LogP contribution in [0.4, 0.5) is 32.0 Å². The van der Waals surface area contributed by atoms with Crippen molar-refractivity contribution in [1.29, 1.82) is 0 Å². The Labute approximate surface area is 521 Å². The van der Waals surface area contributed by atoms with Crippen molar-refractivity contribution >= 4 is 49.3 Å². The van der Waals surface area contributed by atoms with E-state index in [4.69, 9.17) is 21.5 Å². The average Bonchev–Trinajstić information content (AvgIpc) is 1.54. The van der Waals surface area contributed by atoms with Crippen LogP contribution >= 0.6 is 0 Å². The van der Waals surface area contributed by atoms with Gasteiger partial charge in [-0.1, -0.05) is 149 Å². The fourth-order valence-electron chi connectivity index (χ4n) is 12.1. The SMILES string of the molecule is [C-]#[N+]c1ccc(-c2ccc(-n3c4ccc(C)cc4c4cc(C(F)(F)F)ccc43)c(-c3cc(-c4nc(-c5cc(C(C)(C)C)cc(C(C)(C)C)c5)nc(-c5cc(C(C)(C)C)cc(C(C)(C)C)c5)n4)ccc3-n3c4ccc(C)cc4c4cc(C(F)(F)F)ccc43)c2)cc1. The Bertz CT molecular complexity index is 4770. The normalized spacial score (nSPS) is 12.9. The van der Waals surface area contributed by atoms with Crippen molar-refractivity contribution in [2.45, 2.75) is 131 Å². The van der Waals surface area contributed by atoms with Crippen LogP contribution in [0.15, 0.2) is 170 Å². The topological polar surface area (TPSA) is 52.9 Å². The summed E-state index contributed by atoms with van der Waals surface area (Å²) in [4.78, 5) is 20.0. The van der Waals surface area contributed by atoms with Crippen molar-refractivity contribution in [3.8, 4) is 67.8 Å². The maximum atomic E-state index is 14.8. The lowest BCUT2D eigenvalue weighted by Crippen LogP contribution is -2.17. The number of aromatic nitrogens is 5. The summed E-state index contributed by atoms with van der Waals surface area (Å²) in [6.45, 7) is 37.9. The molecule has 3 heterocycles. The largest absolute Gasteiger partial charge is 0.416 e. The highest BCUT2D eigenvalue weighted by Crippen LogP contribution is 2.47. The van der Waals surface area contributed by atoms with Crippen molar-refractivity contribution in [1.82, 2.24) is 24.1 Å². The van der Waals surface area contributed by atoms with Gasteiger partial charge in [0.05, 0.1) is 51.1 Å². The molecule has 0 amide bonds. The predicted octanol–water partition coefficient (Wildman–Crippen LogP) is 22.8. The summed E-state index contributed by atoms with van der Waals surface area (Å²) in [5, 5.41) is 2.04. The summed E-state index contributed by atoms with van der Waals surface area (Å²) in [6, 6.07) is 51.6. The predicted molar refractivity (Wildman–Crippen MR) is 356 cm³/mol. The second-order valence-corrected chi connectivity index (χ2v) is 28.2. The maximum absolute atomic E-state index is 14.8. The molecule has 0 N–H and O–H groups in total. The van der Waals surface area contributed by atoms with Gasteiger partial charge in [0.25, 0.3) is 0 Å². The summed E-state index contributed by atoms with van der Waals surface area (Å²) in [7, 11) is 0. The summed E-state index contributed by atoms with van der Waals surface area (Å²) in [6.07, 6.45) is -9.25. The Morgan fingerprint density at radius 3 is 1.00 bits per heavy atom. The Kier molecular flexibility index (Phi) is 14.5. The molecular weight excluding hydrogens is 1130 g/mol. The standard InChI is InChI=1S/C78H70F6N6/c1-44-16-26-64-58(32-44)62-42-51(77(79,80)81)22-30-68(62)89(64)66-28-20-47(46-18-24-57(85-15)25-19-46)38-60(66)61-39-48(21-29-67(61)90-65-27-17-45(2)33-59(65)63-43-52(78(82,83)84)23-31-69(63)90)70-86-71(49-34-53(73(3,4)5)40-54(35-49)74(6,7)8)88-72(87-70)50-36-55(75(9,10)11)41-56(37-50)76(12,13)14/h16-43H,1-14H3. The zero-order valence-electron chi connectivity index (χ0n) is 53.1. The molecule has 454 valence electrons. The Hall–Kier alpha value is -9.34. The van der Waals surface area contributed by atoms with Crippen molar-refractivity contribution in [2.24, 2.45) is 0 Å². The Morgan fingerprint density at radius 2 is 0.644 bits per heavy atom. The van der Waals surface area contributed by atoms with Crippen molar-refractivity contribution in [3.63, 3.8) is 0 Å². The van der Waals surface area contributed by atoms with Gasteiger partial charge in [0.1, 0.15) is 0 Å². The molecule has 0 saturated carbocycles. The molecule has 3 aromatic heterocycles. The third-order valence-corrected chi connectivity index (χ3v) is 17.3. The van der Waals surface area contributed by atoms with Crippen molar-refractivity contribution in [2.75, 3.05) is 0 Å². The van der Waals surface area contributed by atoms with Gasteiger partial charge in [0.2, 0.25) is 0 Å². The number of alkyl halides is 6. The maximum Gasteiger partial charge on any atom is 0.416 e. The van der Waals surface area contributed by atoms with Crippen LogP contribution in [0.3, 0.4) is 0 Å². The van der Waals surface area contributed by atoms with E-state index in [0.717, 1.165) is 67.8 Å². The molecule has 12 rings (SSSR count). The molecule has 6 nitrogen and oxygen atoms in total. The highest BCUT2D eigenvalue weighted by atomic mass is 19.4. The van der Waals surface area contributed by atoms with E-state index in [0.29, 0.717) is 94.8 Å². The van der Waals surface area contributed by atoms with Gasteiger partial charge in [-0.3, -0.25) is 0 Å². The quantitative estimate of drug-likeness (QED) is 0.118. The molecule has 0 unspecified atom stereocenters. The minimum absolute atomic E-state index is 0.247. The van der Waals surface area contributed by atoms with Crippen LogP contribution in [-0.4, -0.2) is 24.1 Å². The number of nitrogens with zero attached hydrogens (tertiary/aromatic N) is 6. The molecule has 0 saturated heterocycles. The smallest absolute Gasteiger partial charge is 0.309 e. The minimum atomic E-state index is -4.63. The summed E-state index contributed by atoms with van der Waals surface area (Å²) < 4.78 is 92.7. The lowest BCUT2D eigenvalue weighted by Gasteiger charge is -2.26. The highest BCUT2D eigenvalue weighted by Gasteiger charge is 2.34. The lowest BCUT2D eigenvalue weighted by molar-refractivity contribution is -0.138. The molecular formula is C78H70F6N6. The third-order valence-electron chi connectivity index (χ3n) is 17.3. The first-order chi connectivity index (χ1) is 42.1. The van der Waals surface area contributed by atoms with Gasteiger partial charge in [-0.15, -0.1) is 0 Å². The van der Waals surface area contributed by atoms with E-state index in [-0.39, 0.29) is 21.7 Å². The number of halogens is 6. The second-order valence-electron chi connectivity index (χ2n) is 28.2. The Balaban J connectivity index is 1.24. The van der Waals surface area contributed by atoms with Crippen LogP contribution in [0.5, 0.6) is 0 Å². The number of rotatable bonds is 7. The zero-order valence-corrected chi connectivity index (χ0v) is 53.1. The van der Waals surface area contributed by atoms with Gasteiger partial charge in [-0.2, -0.15) is 26.3 Å². The van der Waals surface area contributed by atoms with Crippen molar-refractivity contribution in [3.05, 3.63) is 226 Å². The molecule has 12 aromatic rings. The van der Waals surface area contributed by atoms with Crippen molar-refractivity contribution < 1.29 is 26.3 Å². The monoisotopic (exact) mass is 1200 g/mol. The van der Waals surface area contributed by atoms with E-state index in [1.807, 2.05) is 108 Å². The van der Waals surface area contributed by atoms with Crippen LogP contribution < -0.4 is 0 Å². The first kappa shape index (κ1) is 60.9. The summed E-state index contributed by atoms with van der Waals surface area (Å²) >= 11 is 0. The number of hydrogen-bond acceptors (Lipinski definition) is 3. The molecule has 0 radical (unpaired) electrons. The van der Waals surface area contributed by atoms with Gasteiger partial charge in [0, 0.05) is 49.4 Å². The van der Waals surface area contributed by atoms with E-state index in [1.165, 1.54) is 24.3 Å². The van der Waals surface area contributed by atoms with E-state index < -0.39 is 23.5 Å². The molecule has 0 spiro atoms. The second kappa shape index (κ2) is 21.4. The van der Waals surface area contributed by atoms with Crippen LogP contribution in [-0.2, 0) is 34.0 Å². The van der Waals surface area contributed by atoms with Gasteiger partial charge in [-0.25, -0.2) is 19.8 Å². The van der Waals surface area contributed by atoms with Crippen LogP contribution in [0.25, 0.3) is 116 Å². The first-order valence-corrected chi connectivity index (χ1v) is 30.2. The third kappa shape index (κ3) is 11.3. The van der Waals surface area contributed by atoms with Gasteiger partial charge in [-0.05, 0) is 184 Å². The first-order valence-electron chi connectivity index (χ1n) is 30.2. The number of fused-ring (bicyclic) bond motifs is 6. The molecule has 90 heavy (non-hydrogen) atoms. The highest BCUT2D eigenvalue weighted by molar-refractivity contribution is 6.12. The van der Waals surface area contributed by atoms with E-state index in [1.54, 1.807) is 12.1 Å². The number of benzene rings is 9. The average molecular weight is 1210 g/mol. The van der Waals surface area contributed by atoms with Crippen LogP contribution in [0.1, 0.15) is 128 Å². The Morgan fingerprint density at radius 1 is 0.322 bits per heavy atom. The van der Waals surface area contributed by atoms with E-state index >= 15 is 0 Å². The van der Waals surface area contributed by atoms with Gasteiger partial charge in [0.15, 0.2) is 23.2 Å². The number of aryl methyl sites for hydroxylation is 2. The molecule has 0 bridgehead atoms. The molecule has 0 fully saturated rings. The molecule has 0 atom stereocenters. The fourth-order valence-corrected chi connectivity index (χ4v) is 12.1. The molecule has 0 aliphatic heterocycles. The number of hydrogen-bond donors (Lipinski definition) is 0. The fraction of sp³-hybridized carbons (Fsp3) is 0.256. The van der Waals surface area contributed by atoms with Crippen LogP contribution in [0, 0.1) is 20.4 Å². The van der Waals surface area contributed by atoms with Crippen LogP contribution in [0.2, 0.25) is 0 Å². The summed E-state index contributed by atoms with van der Waals surface area (Å²) in [5.41, 5.74) is 12.6.